The van der Waals surface area contributed by atoms with Gasteiger partial charge in [-0.3, -0.25) is 9.59 Å². The number of hydrogen-bond acceptors (Lipinski definition) is 4. The van der Waals surface area contributed by atoms with Crippen LogP contribution in [0.3, 0.4) is 0 Å². The van der Waals surface area contributed by atoms with Gasteiger partial charge in [0.15, 0.2) is 0 Å². The van der Waals surface area contributed by atoms with E-state index in [1.54, 1.807) is 12.0 Å². The van der Waals surface area contributed by atoms with E-state index in [0.29, 0.717) is 18.7 Å². The maximum atomic E-state index is 13.3. The van der Waals surface area contributed by atoms with E-state index in [0.717, 1.165) is 41.9 Å². The average molecular weight is 455 g/mol. The summed E-state index contributed by atoms with van der Waals surface area (Å²) in [5.74, 6) is 1.01. The Hall–Kier alpha value is -2.47. The summed E-state index contributed by atoms with van der Waals surface area (Å²) in [6.45, 7) is 2.37. The molecule has 5 nitrogen and oxygen atoms in total. The van der Waals surface area contributed by atoms with E-state index in [1.807, 2.05) is 61.5 Å². The summed E-state index contributed by atoms with van der Waals surface area (Å²) < 4.78 is 5.25. The first-order chi connectivity index (χ1) is 15.6. The molecule has 6 heteroatoms. The van der Waals surface area contributed by atoms with Gasteiger partial charge in [0, 0.05) is 17.5 Å². The highest BCUT2D eigenvalue weighted by Gasteiger charge is 2.30. The lowest BCUT2D eigenvalue weighted by Gasteiger charge is -2.32. The second kappa shape index (κ2) is 12.5. The van der Waals surface area contributed by atoms with Crippen LogP contribution in [0.5, 0.6) is 5.75 Å². The number of carbonyl (C=O) groups is 2. The second-order valence-electron chi connectivity index (χ2n) is 8.24. The van der Waals surface area contributed by atoms with Crippen molar-refractivity contribution in [1.82, 2.24) is 10.2 Å². The summed E-state index contributed by atoms with van der Waals surface area (Å²) in [5.41, 5.74) is 0.979. The number of nitrogens with one attached hydrogen (secondary N) is 1. The Kier molecular flexibility index (Phi) is 9.47. The van der Waals surface area contributed by atoms with Gasteiger partial charge in [-0.25, -0.2) is 0 Å². The molecule has 1 fully saturated rings. The zero-order valence-corrected chi connectivity index (χ0v) is 19.9. The molecule has 1 aliphatic rings. The van der Waals surface area contributed by atoms with Crippen LogP contribution in [-0.2, 0) is 16.1 Å². The van der Waals surface area contributed by atoms with Crippen LogP contribution in [0.4, 0.5) is 0 Å². The minimum Gasteiger partial charge on any atom is -0.497 e. The van der Waals surface area contributed by atoms with Crippen LogP contribution >= 0.6 is 11.8 Å². The molecule has 2 amide bonds. The van der Waals surface area contributed by atoms with E-state index in [-0.39, 0.29) is 17.9 Å². The van der Waals surface area contributed by atoms with Crippen LogP contribution in [0.15, 0.2) is 59.5 Å². The molecular weight excluding hydrogens is 420 g/mol. The van der Waals surface area contributed by atoms with Crippen molar-refractivity contribution in [2.24, 2.45) is 0 Å². The van der Waals surface area contributed by atoms with Crippen LogP contribution in [0.25, 0.3) is 0 Å². The van der Waals surface area contributed by atoms with E-state index >= 15 is 0 Å². The first-order valence-electron chi connectivity index (χ1n) is 11.5. The molecule has 172 valence electrons. The molecule has 0 saturated heterocycles. The van der Waals surface area contributed by atoms with E-state index in [1.165, 1.54) is 18.2 Å². The van der Waals surface area contributed by atoms with Crippen LogP contribution in [0.2, 0.25) is 0 Å². The third kappa shape index (κ3) is 7.02. The molecule has 0 spiro atoms. The number of nitrogens with zero attached hydrogens (tertiary/aromatic N) is 1. The fraction of sp³-hybridized carbons (Fsp3) is 0.462. The molecule has 0 aliphatic heterocycles. The molecule has 1 aliphatic carbocycles. The minimum atomic E-state index is -0.483. The van der Waals surface area contributed by atoms with E-state index < -0.39 is 6.04 Å². The van der Waals surface area contributed by atoms with Gasteiger partial charge in [-0.1, -0.05) is 56.5 Å². The van der Waals surface area contributed by atoms with Crippen LogP contribution in [0.1, 0.15) is 51.0 Å². The minimum absolute atomic E-state index is 0.0275. The van der Waals surface area contributed by atoms with Crippen molar-refractivity contribution in [2.75, 3.05) is 12.9 Å². The molecule has 0 unspecified atom stereocenters. The molecule has 2 aromatic carbocycles. The molecule has 3 rings (SSSR count). The molecule has 0 aromatic heterocycles. The van der Waals surface area contributed by atoms with Gasteiger partial charge in [0.2, 0.25) is 11.8 Å². The van der Waals surface area contributed by atoms with E-state index in [4.69, 9.17) is 4.74 Å². The van der Waals surface area contributed by atoms with Crippen molar-refractivity contribution >= 4 is 23.6 Å². The highest BCUT2D eigenvalue weighted by Crippen LogP contribution is 2.22. The number of carbonyl (C=O) groups excluding carboxylic acids is 2. The summed E-state index contributed by atoms with van der Waals surface area (Å²) >= 11 is 1.51. The van der Waals surface area contributed by atoms with Gasteiger partial charge in [0.05, 0.1) is 12.9 Å². The number of ether oxygens (including phenoxy) is 1. The van der Waals surface area contributed by atoms with Gasteiger partial charge < -0.3 is 15.0 Å². The smallest absolute Gasteiger partial charge is 0.243 e. The summed E-state index contributed by atoms with van der Waals surface area (Å²) in [5, 5.41) is 3.22. The lowest BCUT2D eigenvalue weighted by Crippen LogP contribution is -2.52. The molecule has 0 bridgehead atoms. The standard InChI is InChI=1S/C26H34N2O3S/c1-3-24(26(30)27-21-10-6-4-7-11-21)28(18-20-14-16-22(31-2)17-15-20)25(29)19-32-23-12-8-5-9-13-23/h5,8-9,12-17,21,24H,3-4,6-7,10-11,18-19H2,1-2H3,(H,27,30)/t24-/m0/s1. The number of thioether (sulfide) groups is 1. The number of hydrogen-bond donors (Lipinski definition) is 1. The Bertz CT molecular complexity index is 851. The van der Waals surface area contributed by atoms with Crippen molar-refractivity contribution in [3.8, 4) is 5.75 Å². The highest BCUT2D eigenvalue weighted by atomic mass is 32.2. The van der Waals surface area contributed by atoms with Crippen molar-refractivity contribution in [3.05, 3.63) is 60.2 Å². The third-order valence-corrected chi connectivity index (χ3v) is 6.95. The number of amides is 2. The van der Waals surface area contributed by atoms with Gasteiger partial charge >= 0.3 is 0 Å². The summed E-state index contributed by atoms with van der Waals surface area (Å²) in [7, 11) is 1.63. The number of benzene rings is 2. The normalized spacial score (nSPS) is 15.1. The summed E-state index contributed by atoms with van der Waals surface area (Å²) in [6.07, 6.45) is 6.18. The predicted molar refractivity (Wildman–Crippen MR) is 130 cm³/mol. The Morgan fingerprint density at radius 2 is 1.75 bits per heavy atom. The monoisotopic (exact) mass is 454 g/mol. The molecule has 0 heterocycles. The van der Waals surface area contributed by atoms with Crippen molar-refractivity contribution < 1.29 is 14.3 Å². The highest BCUT2D eigenvalue weighted by molar-refractivity contribution is 8.00. The SMILES string of the molecule is CC[C@@H](C(=O)NC1CCCCC1)N(Cc1ccc(OC)cc1)C(=O)CSc1ccccc1. The lowest BCUT2D eigenvalue weighted by molar-refractivity contribution is -0.139. The molecule has 0 radical (unpaired) electrons. The number of methoxy groups -OCH3 is 1. The van der Waals surface area contributed by atoms with Gasteiger partial charge in [0.1, 0.15) is 11.8 Å². The van der Waals surface area contributed by atoms with Crippen molar-refractivity contribution in [3.63, 3.8) is 0 Å². The van der Waals surface area contributed by atoms with Gasteiger partial charge in [-0.15, -0.1) is 11.8 Å². The zero-order valence-electron chi connectivity index (χ0n) is 19.1. The first-order valence-corrected chi connectivity index (χ1v) is 12.5. The zero-order chi connectivity index (χ0) is 22.8. The average Bonchev–Trinajstić information content (AvgIpc) is 2.84. The third-order valence-electron chi connectivity index (χ3n) is 5.95. The van der Waals surface area contributed by atoms with Gasteiger partial charge in [0.25, 0.3) is 0 Å². The molecule has 32 heavy (non-hydrogen) atoms. The van der Waals surface area contributed by atoms with Crippen LogP contribution < -0.4 is 10.1 Å². The maximum absolute atomic E-state index is 13.3. The fourth-order valence-corrected chi connectivity index (χ4v) is 4.94. The largest absolute Gasteiger partial charge is 0.497 e. The summed E-state index contributed by atoms with van der Waals surface area (Å²) in [4.78, 5) is 29.4. The molecule has 1 saturated carbocycles. The Morgan fingerprint density at radius 3 is 2.38 bits per heavy atom. The fourth-order valence-electron chi connectivity index (χ4n) is 4.14. The maximum Gasteiger partial charge on any atom is 0.243 e. The molecule has 1 atom stereocenters. The molecule has 1 N–H and O–H groups in total. The van der Waals surface area contributed by atoms with E-state index in [9.17, 15) is 9.59 Å². The summed E-state index contributed by atoms with van der Waals surface area (Å²) in [6, 6.07) is 17.3. The Labute approximate surface area is 195 Å². The number of rotatable bonds is 10. The second-order valence-corrected chi connectivity index (χ2v) is 9.29. The molecule has 2 aromatic rings. The molecular formula is C26H34N2O3S. The van der Waals surface area contributed by atoms with Crippen LogP contribution in [0, 0.1) is 0 Å². The topological polar surface area (TPSA) is 58.6 Å². The van der Waals surface area contributed by atoms with Crippen molar-refractivity contribution in [1.29, 1.82) is 0 Å². The Morgan fingerprint density at radius 1 is 1.06 bits per heavy atom. The quantitative estimate of drug-likeness (QED) is 0.511. The lowest BCUT2D eigenvalue weighted by atomic mass is 9.95. The van der Waals surface area contributed by atoms with Crippen LogP contribution in [-0.4, -0.2) is 41.7 Å². The van der Waals surface area contributed by atoms with Gasteiger partial charge in [-0.2, -0.15) is 0 Å². The predicted octanol–water partition coefficient (Wildman–Crippen LogP) is 5.04. The van der Waals surface area contributed by atoms with E-state index in [2.05, 4.69) is 5.32 Å². The van der Waals surface area contributed by atoms with Crippen molar-refractivity contribution in [2.45, 2.75) is 69.0 Å². The first kappa shape index (κ1) is 24.2. The Balaban J connectivity index is 1.74. The van der Waals surface area contributed by atoms with Gasteiger partial charge in [-0.05, 0) is 49.1 Å².